The second-order valence-corrected chi connectivity index (χ2v) is 7.92. The monoisotopic (exact) mass is 415 g/mol. The van der Waals surface area contributed by atoms with Gasteiger partial charge in [-0.15, -0.1) is 0 Å². The van der Waals surface area contributed by atoms with Gasteiger partial charge in [0.15, 0.2) is 0 Å². The van der Waals surface area contributed by atoms with E-state index in [4.69, 9.17) is 0 Å². The van der Waals surface area contributed by atoms with Crippen LogP contribution in [0.1, 0.15) is 17.5 Å². The third-order valence-electron chi connectivity index (χ3n) is 4.84. The van der Waals surface area contributed by atoms with E-state index in [2.05, 4.69) is 32.8 Å². The van der Waals surface area contributed by atoms with Gasteiger partial charge in [0, 0.05) is 24.1 Å². The molecule has 1 aliphatic rings. The number of nitrogens with one attached hydrogen (secondary N) is 1. The molecule has 0 aliphatic carbocycles. The second kappa shape index (κ2) is 7.99. The summed E-state index contributed by atoms with van der Waals surface area (Å²) in [5.41, 5.74) is 3.45. The van der Waals surface area contributed by atoms with Crippen LogP contribution in [0, 0.1) is 0 Å². The van der Waals surface area contributed by atoms with Crippen molar-refractivity contribution >= 4 is 23.5 Å². The van der Waals surface area contributed by atoms with Gasteiger partial charge >= 0.3 is 6.18 Å². The van der Waals surface area contributed by atoms with E-state index in [1.54, 1.807) is 6.07 Å². The first-order chi connectivity index (χ1) is 13.9. The maximum atomic E-state index is 13.1. The number of hydrogen-bond donors (Lipinski definition) is 1. The first-order valence-corrected chi connectivity index (χ1v) is 10.1. The smallest absolute Gasteiger partial charge is 0.373 e. The summed E-state index contributed by atoms with van der Waals surface area (Å²) in [6.07, 6.45) is -2.42. The zero-order valence-corrected chi connectivity index (χ0v) is 16.6. The third kappa shape index (κ3) is 4.34. The van der Waals surface area contributed by atoms with Crippen LogP contribution in [0.3, 0.4) is 0 Å². The molecule has 1 aliphatic heterocycles. The SMILES string of the molecule is CNc1cccc(-c2ccc3c(c2)N(Sc2cccc(C(F)(F)F)c2)CCC3)n1. The van der Waals surface area contributed by atoms with Gasteiger partial charge in [-0.1, -0.05) is 24.3 Å². The van der Waals surface area contributed by atoms with Crippen molar-refractivity contribution in [1.82, 2.24) is 4.98 Å². The fourth-order valence-corrected chi connectivity index (χ4v) is 4.45. The Labute approximate surface area is 172 Å². The molecule has 4 rings (SSSR count). The van der Waals surface area contributed by atoms with Crippen LogP contribution in [0.2, 0.25) is 0 Å². The zero-order valence-electron chi connectivity index (χ0n) is 15.8. The van der Waals surface area contributed by atoms with Gasteiger partial charge in [0.25, 0.3) is 0 Å². The molecule has 0 saturated heterocycles. The summed E-state index contributed by atoms with van der Waals surface area (Å²) in [6.45, 7) is 0.779. The lowest BCUT2D eigenvalue weighted by Crippen LogP contribution is -2.22. The number of rotatable bonds is 4. The summed E-state index contributed by atoms with van der Waals surface area (Å²) in [5, 5.41) is 3.04. The van der Waals surface area contributed by atoms with Crippen LogP contribution in [0.15, 0.2) is 65.6 Å². The Bertz CT molecular complexity index is 1020. The van der Waals surface area contributed by atoms with Crippen molar-refractivity contribution in [3.8, 4) is 11.3 Å². The van der Waals surface area contributed by atoms with Crippen LogP contribution in [0.4, 0.5) is 24.7 Å². The number of anilines is 2. The fraction of sp³-hybridized carbons (Fsp3) is 0.227. The number of hydrogen-bond acceptors (Lipinski definition) is 4. The molecule has 0 saturated carbocycles. The lowest BCUT2D eigenvalue weighted by molar-refractivity contribution is -0.137. The van der Waals surface area contributed by atoms with Crippen molar-refractivity contribution in [3.05, 3.63) is 71.8 Å². The maximum Gasteiger partial charge on any atom is 0.416 e. The lowest BCUT2D eigenvalue weighted by atomic mass is 10.00. The van der Waals surface area contributed by atoms with Crippen LogP contribution in [0.5, 0.6) is 0 Å². The molecule has 29 heavy (non-hydrogen) atoms. The molecular weight excluding hydrogens is 395 g/mol. The minimum atomic E-state index is -4.34. The molecule has 0 radical (unpaired) electrons. The van der Waals surface area contributed by atoms with Crippen LogP contribution in [-0.2, 0) is 12.6 Å². The predicted octanol–water partition coefficient (Wildman–Crippen LogP) is 6.27. The number of fused-ring (bicyclic) bond motifs is 1. The van der Waals surface area contributed by atoms with Gasteiger partial charge in [-0.3, -0.25) is 0 Å². The Morgan fingerprint density at radius 3 is 2.66 bits per heavy atom. The van der Waals surface area contributed by atoms with Crippen molar-refractivity contribution in [3.63, 3.8) is 0 Å². The largest absolute Gasteiger partial charge is 0.416 e. The molecule has 2 aromatic carbocycles. The van der Waals surface area contributed by atoms with E-state index in [1.807, 2.05) is 25.2 Å². The molecule has 3 aromatic rings. The summed E-state index contributed by atoms with van der Waals surface area (Å²) >= 11 is 1.35. The first-order valence-electron chi connectivity index (χ1n) is 9.35. The van der Waals surface area contributed by atoms with Crippen LogP contribution in [-0.4, -0.2) is 18.6 Å². The molecule has 2 heterocycles. The second-order valence-electron chi connectivity index (χ2n) is 6.82. The Morgan fingerprint density at radius 2 is 1.86 bits per heavy atom. The Hall–Kier alpha value is -2.67. The molecule has 0 amide bonds. The summed E-state index contributed by atoms with van der Waals surface area (Å²) in [5.74, 6) is 0.787. The number of alkyl halides is 3. The normalized spacial score (nSPS) is 13.9. The highest BCUT2D eigenvalue weighted by atomic mass is 32.2. The molecule has 0 bridgehead atoms. The Morgan fingerprint density at radius 1 is 1.03 bits per heavy atom. The van der Waals surface area contributed by atoms with Crippen molar-refractivity contribution < 1.29 is 13.2 Å². The van der Waals surface area contributed by atoms with Crippen molar-refractivity contribution in [2.45, 2.75) is 23.9 Å². The van der Waals surface area contributed by atoms with Crippen molar-refractivity contribution in [2.24, 2.45) is 0 Å². The Kier molecular flexibility index (Phi) is 5.41. The fourth-order valence-electron chi connectivity index (χ4n) is 3.39. The minimum absolute atomic E-state index is 0.577. The molecule has 7 heteroatoms. The van der Waals surface area contributed by atoms with Gasteiger partial charge in [0.2, 0.25) is 0 Å². The van der Waals surface area contributed by atoms with Gasteiger partial charge in [0.05, 0.1) is 16.9 Å². The summed E-state index contributed by atoms with van der Waals surface area (Å²) < 4.78 is 41.2. The van der Waals surface area contributed by atoms with E-state index in [9.17, 15) is 13.2 Å². The minimum Gasteiger partial charge on any atom is -0.373 e. The number of nitrogens with zero attached hydrogens (tertiary/aromatic N) is 2. The quantitative estimate of drug-likeness (QED) is 0.509. The van der Waals surface area contributed by atoms with E-state index in [-0.39, 0.29) is 0 Å². The zero-order chi connectivity index (χ0) is 20.4. The average Bonchev–Trinajstić information content (AvgIpc) is 2.73. The van der Waals surface area contributed by atoms with E-state index in [0.717, 1.165) is 48.2 Å². The number of halogens is 3. The summed E-state index contributed by atoms with van der Waals surface area (Å²) in [4.78, 5) is 5.17. The highest BCUT2D eigenvalue weighted by Crippen LogP contribution is 2.39. The van der Waals surface area contributed by atoms with Gasteiger partial charge < -0.3 is 9.62 Å². The topological polar surface area (TPSA) is 28.2 Å². The van der Waals surface area contributed by atoms with Crippen molar-refractivity contribution in [1.29, 1.82) is 0 Å². The number of aryl methyl sites for hydroxylation is 1. The number of aromatic nitrogens is 1. The van der Waals surface area contributed by atoms with Gasteiger partial charge in [-0.25, -0.2) is 4.98 Å². The molecule has 150 valence electrons. The van der Waals surface area contributed by atoms with Crippen LogP contribution < -0.4 is 9.62 Å². The number of benzene rings is 2. The van der Waals surface area contributed by atoms with Crippen LogP contribution in [0.25, 0.3) is 11.3 Å². The average molecular weight is 415 g/mol. The van der Waals surface area contributed by atoms with Crippen molar-refractivity contribution in [2.75, 3.05) is 23.2 Å². The standard InChI is InChI=1S/C22H20F3N3S/c1-26-21-9-3-8-19(27-21)16-11-10-15-5-4-12-28(20(15)13-16)29-18-7-2-6-17(14-18)22(23,24)25/h2-3,6-11,13-14H,4-5,12H2,1H3,(H,26,27). The molecule has 1 N–H and O–H groups in total. The molecule has 1 aromatic heterocycles. The highest BCUT2D eigenvalue weighted by Gasteiger charge is 2.30. The molecule has 3 nitrogen and oxygen atoms in total. The van der Waals surface area contributed by atoms with Gasteiger partial charge in [-0.2, -0.15) is 13.2 Å². The van der Waals surface area contributed by atoms with Gasteiger partial charge in [0.1, 0.15) is 5.82 Å². The van der Waals surface area contributed by atoms with E-state index >= 15 is 0 Å². The Balaban J connectivity index is 1.65. The van der Waals surface area contributed by atoms with E-state index in [0.29, 0.717) is 4.90 Å². The maximum absolute atomic E-state index is 13.1. The summed E-state index contributed by atoms with van der Waals surface area (Å²) in [7, 11) is 1.83. The van der Waals surface area contributed by atoms with Gasteiger partial charge in [-0.05, 0) is 66.8 Å². The van der Waals surface area contributed by atoms with E-state index in [1.165, 1.54) is 29.6 Å². The van der Waals surface area contributed by atoms with E-state index < -0.39 is 11.7 Å². The lowest BCUT2D eigenvalue weighted by Gasteiger charge is -2.30. The first kappa shape index (κ1) is 19.6. The molecule has 0 spiro atoms. The van der Waals surface area contributed by atoms with Crippen LogP contribution >= 0.6 is 11.9 Å². The molecule has 0 atom stereocenters. The predicted molar refractivity (Wildman–Crippen MR) is 112 cm³/mol. The number of pyridine rings is 1. The molecular formula is C22H20F3N3S. The third-order valence-corrected chi connectivity index (χ3v) is 5.90. The molecule has 0 unspecified atom stereocenters. The highest BCUT2D eigenvalue weighted by molar-refractivity contribution is 8.00. The summed E-state index contributed by atoms with van der Waals surface area (Å²) in [6, 6.07) is 17.5. The molecule has 0 fully saturated rings.